The monoisotopic (exact) mass is 365 g/mol. The van der Waals surface area contributed by atoms with Crippen LogP contribution in [0.25, 0.3) is 10.9 Å². The maximum absolute atomic E-state index is 11.5. The van der Waals surface area contributed by atoms with Crippen molar-refractivity contribution in [1.29, 1.82) is 0 Å². The molecular weight excluding hydrogens is 342 g/mol. The van der Waals surface area contributed by atoms with E-state index in [1.165, 1.54) is 23.8 Å². The fourth-order valence-electron chi connectivity index (χ4n) is 3.52. The first kappa shape index (κ1) is 17.6. The van der Waals surface area contributed by atoms with E-state index in [4.69, 9.17) is 4.74 Å². The summed E-state index contributed by atoms with van der Waals surface area (Å²) in [4.78, 5) is 18.4. The van der Waals surface area contributed by atoms with Crippen LogP contribution in [0.2, 0.25) is 0 Å². The Morgan fingerprint density at radius 1 is 1.26 bits per heavy atom. The number of hydrogen-bond donors (Lipinski definition) is 1. The van der Waals surface area contributed by atoms with Crippen molar-refractivity contribution in [2.24, 2.45) is 0 Å². The first-order valence-electron chi connectivity index (χ1n) is 9.09. The Morgan fingerprint density at radius 2 is 2.19 bits per heavy atom. The third-order valence-electron chi connectivity index (χ3n) is 4.80. The highest BCUT2D eigenvalue weighted by atomic mass is 16.5. The average molecular weight is 365 g/mol. The number of aromatic nitrogens is 3. The molecule has 0 radical (unpaired) electrons. The molecule has 1 aliphatic heterocycles. The van der Waals surface area contributed by atoms with Crippen LogP contribution in [0.1, 0.15) is 17.0 Å². The second-order valence-corrected chi connectivity index (χ2v) is 6.76. The Hall–Kier alpha value is -2.77. The molecule has 140 valence electrons. The smallest absolute Gasteiger partial charge is 0.246 e. The Balaban J connectivity index is 1.43. The van der Waals surface area contributed by atoms with Crippen molar-refractivity contribution < 1.29 is 9.53 Å². The topological polar surface area (TPSA) is 72.3 Å². The molecule has 0 bridgehead atoms. The minimum Gasteiger partial charge on any atom is -0.375 e. The molecule has 1 aromatic carbocycles. The van der Waals surface area contributed by atoms with Gasteiger partial charge in [0.2, 0.25) is 5.91 Å². The second-order valence-electron chi connectivity index (χ2n) is 6.76. The van der Waals surface area contributed by atoms with Crippen molar-refractivity contribution in [3.05, 3.63) is 59.5 Å². The van der Waals surface area contributed by atoms with Gasteiger partial charge in [0.1, 0.15) is 6.61 Å². The van der Waals surface area contributed by atoms with E-state index in [2.05, 4.69) is 44.6 Å². The number of benzene rings is 1. The summed E-state index contributed by atoms with van der Waals surface area (Å²) >= 11 is 0. The summed E-state index contributed by atoms with van der Waals surface area (Å²) in [6.45, 7) is 4.02. The average Bonchev–Trinajstić information content (AvgIpc) is 3.09. The minimum atomic E-state index is -0.130. The van der Waals surface area contributed by atoms with Gasteiger partial charge in [0.25, 0.3) is 0 Å². The highest BCUT2D eigenvalue weighted by molar-refractivity contribution is 5.81. The van der Waals surface area contributed by atoms with Gasteiger partial charge >= 0.3 is 0 Å². The van der Waals surface area contributed by atoms with Crippen molar-refractivity contribution in [2.45, 2.75) is 26.2 Å². The number of carbonyl (C=O) groups is 1. The van der Waals surface area contributed by atoms with Crippen LogP contribution >= 0.6 is 0 Å². The molecule has 7 nitrogen and oxygen atoms in total. The van der Waals surface area contributed by atoms with Crippen LogP contribution in [0.15, 0.2) is 42.6 Å². The Labute approximate surface area is 157 Å². The number of nitrogens with one attached hydrogen (secondary N) is 1. The van der Waals surface area contributed by atoms with Crippen molar-refractivity contribution in [3.63, 3.8) is 0 Å². The fraction of sp³-hybridized carbons (Fsp3) is 0.350. The summed E-state index contributed by atoms with van der Waals surface area (Å²) in [6.07, 6.45) is 1.83. The molecule has 4 rings (SSSR count). The first-order chi connectivity index (χ1) is 13.2. The molecule has 0 saturated heterocycles. The Bertz CT molecular complexity index is 947. The number of fused-ring (bicyclic) bond motifs is 2. The molecule has 0 atom stereocenters. The number of nitrogens with zero attached hydrogens (tertiary/aromatic N) is 4. The molecule has 3 heterocycles. The number of ether oxygens (including phenoxy) is 1. The third kappa shape index (κ3) is 3.99. The van der Waals surface area contributed by atoms with Crippen LogP contribution in [0, 0.1) is 0 Å². The van der Waals surface area contributed by atoms with E-state index < -0.39 is 0 Å². The molecule has 1 N–H and O–H groups in total. The van der Waals surface area contributed by atoms with Crippen molar-refractivity contribution in [3.8, 4) is 0 Å². The lowest BCUT2D eigenvalue weighted by molar-refractivity contribution is -0.124. The highest BCUT2D eigenvalue weighted by Gasteiger charge is 2.19. The van der Waals surface area contributed by atoms with E-state index in [0.29, 0.717) is 6.54 Å². The van der Waals surface area contributed by atoms with Crippen LogP contribution in [0.4, 0.5) is 0 Å². The van der Waals surface area contributed by atoms with Gasteiger partial charge in [-0.3, -0.25) is 19.4 Å². The van der Waals surface area contributed by atoms with E-state index in [9.17, 15) is 4.79 Å². The molecule has 0 saturated carbocycles. The van der Waals surface area contributed by atoms with Gasteiger partial charge in [0, 0.05) is 38.3 Å². The lowest BCUT2D eigenvalue weighted by Crippen LogP contribution is -2.33. The van der Waals surface area contributed by atoms with Gasteiger partial charge in [-0.2, -0.15) is 5.10 Å². The van der Waals surface area contributed by atoms with Crippen LogP contribution in [0.5, 0.6) is 0 Å². The largest absolute Gasteiger partial charge is 0.375 e. The summed E-state index contributed by atoms with van der Waals surface area (Å²) < 4.78 is 6.87. The maximum Gasteiger partial charge on any atom is 0.246 e. The number of amides is 1. The molecule has 0 aliphatic carbocycles. The van der Waals surface area contributed by atoms with E-state index in [1.807, 2.05) is 23.0 Å². The SMILES string of the molecule is COCC(=O)NCc1cc2n(n1)CCN(Cc1cccc3ncccc13)C2. The third-order valence-corrected chi connectivity index (χ3v) is 4.80. The molecule has 1 amide bonds. The van der Waals surface area contributed by atoms with Crippen LogP contribution in [-0.2, 0) is 35.7 Å². The maximum atomic E-state index is 11.5. The number of hydrogen-bond acceptors (Lipinski definition) is 5. The van der Waals surface area contributed by atoms with Crippen LogP contribution < -0.4 is 5.32 Å². The van der Waals surface area contributed by atoms with Gasteiger partial charge in [-0.05, 0) is 23.8 Å². The minimum absolute atomic E-state index is 0.0707. The number of methoxy groups -OCH3 is 1. The van der Waals surface area contributed by atoms with Gasteiger partial charge in [0.15, 0.2) is 0 Å². The summed E-state index contributed by atoms with van der Waals surface area (Å²) in [5.74, 6) is -0.130. The molecule has 7 heteroatoms. The standard InChI is InChI=1S/C20H23N5O2/c1-27-14-20(26)22-11-16-10-17-13-24(8-9-25(17)23-16)12-15-4-2-6-19-18(15)5-3-7-21-19/h2-7,10H,8-9,11-14H2,1H3,(H,22,26). The van der Waals surface area contributed by atoms with E-state index >= 15 is 0 Å². The van der Waals surface area contributed by atoms with Gasteiger partial charge in [0.05, 0.1) is 30.0 Å². The van der Waals surface area contributed by atoms with Gasteiger partial charge in [-0.15, -0.1) is 0 Å². The molecule has 27 heavy (non-hydrogen) atoms. The molecule has 0 spiro atoms. The second kappa shape index (κ2) is 7.85. The zero-order valence-electron chi connectivity index (χ0n) is 15.4. The molecular formula is C20H23N5O2. The van der Waals surface area contributed by atoms with Crippen LogP contribution in [-0.4, -0.2) is 45.8 Å². The Morgan fingerprint density at radius 3 is 3.07 bits per heavy atom. The molecule has 1 aliphatic rings. The normalized spacial score (nSPS) is 14.3. The zero-order chi connectivity index (χ0) is 18.6. The summed E-state index contributed by atoms with van der Waals surface area (Å²) in [6, 6.07) is 12.5. The highest BCUT2D eigenvalue weighted by Crippen LogP contribution is 2.21. The Kier molecular flexibility index (Phi) is 5.13. The van der Waals surface area contributed by atoms with E-state index in [-0.39, 0.29) is 12.5 Å². The molecule has 3 aromatic rings. The predicted molar refractivity (Wildman–Crippen MR) is 102 cm³/mol. The molecule has 0 fully saturated rings. The quantitative estimate of drug-likeness (QED) is 0.720. The number of rotatable bonds is 6. The fourth-order valence-corrected chi connectivity index (χ4v) is 3.52. The van der Waals surface area contributed by atoms with Crippen molar-refractivity contribution >= 4 is 16.8 Å². The van der Waals surface area contributed by atoms with E-state index in [1.54, 1.807) is 0 Å². The summed E-state index contributed by atoms with van der Waals surface area (Å²) in [7, 11) is 1.51. The van der Waals surface area contributed by atoms with Crippen LogP contribution in [0.3, 0.4) is 0 Å². The molecule has 2 aromatic heterocycles. The van der Waals surface area contributed by atoms with Crippen molar-refractivity contribution in [2.75, 3.05) is 20.3 Å². The van der Waals surface area contributed by atoms with E-state index in [0.717, 1.165) is 37.4 Å². The van der Waals surface area contributed by atoms with Gasteiger partial charge in [-0.25, -0.2) is 0 Å². The molecule has 0 unspecified atom stereocenters. The zero-order valence-corrected chi connectivity index (χ0v) is 15.4. The summed E-state index contributed by atoms with van der Waals surface area (Å²) in [5.41, 5.74) is 4.38. The van der Waals surface area contributed by atoms with Crippen molar-refractivity contribution in [1.82, 2.24) is 25.0 Å². The lowest BCUT2D eigenvalue weighted by Gasteiger charge is -2.27. The summed E-state index contributed by atoms with van der Waals surface area (Å²) in [5, 5.41) is 8.63. The number of pyridine rings is 1. The van der Waals surface area contributed by atoms with Gasteiger partial charge in [-0.1, -0.05) is 18.2 Å². The number of carbonyl (C=O) groups excluding carboxylic acids is 1. The predicted octanol–water partition coefficient (Wildman–Crippen LogP) is 1.71. The lowest BCUT2D eigenvalue weighted by atomic mass is 10.1. The van der Waals surface area contributed by atoms with Gasteiger partial charge < -0.3 is 10.1 Å². The first-order valence-corrected chi connectivity index (χ1v) is 9.09.